The fourth-order valence-corrected chi connectivity index (χ4v) is 1.54. The Labute approximate surface area is 99.5 Å². The summed E-state index contributed by atoms with van der Waals surface area (Å²) in [6, 6.07) is 3.70. The molecule has 0 aliphatic rings. The molecule has 0 saturated carbocycles. The summed E-state index contributed by atoms with van der Waals surface area (Å²) >= 11 is 0. The monoisotopic (exact) mass is 230 g/mol. The molecule has 2 aromatic heterocycles. The van der Waals surface area contributed by atoms with Crippen molar-refractivity contribution < 1.29 is 4.79 Å². The number of rotatable bonds is 4. The normalized spacial score (nSPS) is 10.2. The van der Waals surface area contributed by atoms with E-state index in [-0.39, 0.29) is 5.91 Å². The van der Waals surface area contributed by atoms with Crippen molar-refractivity contribution in [2.75, 3.05) is 7.05 Å². The van der Waals surface area contributed by atoms with Gasteiger partial charge in [-0.25, -0.2) is 0 Å². The maximum Gasteiger partial charge on any atom is 0.227 e. The van der Waals surface area contributed by atoms with E-state index < -0.39 is 0 Å². The zero-order chi connectivity index (χ0) is 12.1. The summed E-state index contributed by atoms with van der Waals surface area (Å²) in [6.45, 7) is 0.570. The van der Waals surface area contributed by atoms with E-state index in [9.17, 15) is 4.79 Å². The molecule has 5 heteroatoms. The number of carbonyl (C=O) groups excluding carboxylic acids is 1. The number of aromatic nitrogens is 3. The van der Waals surface area contributed by atoms with Gasteiger partial charge in [0.1, 0.15) is 0 Å². The van der Waals surface area contributed by atoms with E-state index in [4.69, 9.17) is 0 Å². The van der Waals surface area contributed by atoms with Gasteiger partial charge in [-0.3, -0.25) is 14.9 Å². The Morgan fingerprint density at radius 2 is 2.12 bits per heavy atom. The van der Waals surface area contributed by atoms with Crippen molar-refractivity contribution in [3.05, 3.63) is 48.0 Å². The molecule has 0 fully saturated rings. The minimum atomic E-state index is 0.0809. The van der Waals surface area contributed by atoms with Gasteiger partial charge in [0.2, 0.25) is 5.91 Å². The highest BCUT2D eigenvalue weighted by Gasteiger charge is 2.10. The Kier molecular flexibility index (Phi) is 3.49. The topological polar surface area (TPSA) is 61.9 Å². The molecule has 0 aromatic carbocycles. The van der Waals surface area contributed by atoms with E-state index >= 15 is 0 Å². The van der Waals surface area contributed by atoms with Crippen LogP contribution in [0.2, 0.25) is 0 Å². The molecule has 5 nitrogen and oxygen atoms in total. The lowest BCUT2D eigenvalue weighted by atomic mass is 10.2. The molecule has 1 N–H and O–H groups in total. The van der Waals surface area contributed by atoms with Gasteiger partial charge in [0.15, 0.2) is 0 Å². The third kappa shape index (κ3) is 3.14. The van der Waals surface area contributed by atoms with Crippen LogP contribution < -0.4 is 0 Å². The quantitative estimate of drug-likeness (QED) is 0.852. The van der Waals surface area contributed by atoms with Crippen molar-refractivity contribution in [2.45, 2.75) is 13.0 Å². The van der Waals surface area contributed by atoms with Gasteiger partial charge in [-0.05, 0) is 17.7 Å². The summed E-state index contributed by atoms with van der Waals surface area (Å²) < 4.78 is 0. The largest absolute Gasteiger partial charge is 0.341 e. The first kappa shape index (κ1) is 11.3. The van der Waals surface area contributed by atoms with Gasteiger partial charge in [-0.2, -0.15) is 5.10 Å². The number of carbonyl (C=O) groups is 1. The second-order valence-electron chi connectivity index (χ2n) is 3.89. The van der Waals surface area contributed by atoms with Crippen LogP contribution in [0.1, 0.15) is 11.1 Å². The van der Waals surface area contributed by atoms with E-state index in [1.54, 1.807) is 36.7 Å². The highest BCUT2D eigenvalue weighted by molar-refractivity contribution is 5.78. The molecule has 88 valence electrons. The summed E-state index contributed by atoms with van der Waals surface area (Å²) in [4.78, 5) is 17.5. The van der Waals surface area contributed by atoms with Crippen LogP contribution >= 0.6 is 0 Å². The molecular formula is C12H14N4O. The fraction of sp³-hybridized carbons (Fsp3) is 0.250. The number of nitrogens with zero attached hydrogens (tertiary/aromatic N) is 3. The average Bonchev–Trinajstić information content (AvgIpc) is 2.83. The second kappa shape index (κ2) is 5.25. The number of pyridine rings is 1. The second-order valence-corrected chi connectivity index (χ2v) is 3.89. The van der Waals surface area contributed by atoms with Crippen molar-refractivity contribution in [1.29, 1.82) is 0 Å². The maximum atomic E-state index is 11.9. The van der Waals surface area contributed by atoms with Gasteiger partial charge in [-0.15, -0.1) is 0 Å². The van der Waals surface area contributed by atoms with Crippen molar-refractivity contribution in [3.8, 4) is 0 Å². The lowest BCUT2D eigenvalue weighted by molar-refractivity contribution is -0.129. The lowest BCUT2D eigenvalue weighted by Gasteiger charge is -2.16. The van der Waals surface area contributed by atoms with E-state index in [0.29, 0.717) is 13.0 Å². The lowest BCUT2D eigenvalue weighted by Crippen LogP contribution is -2.27. The number of likely N-dealkylation sites (N-methyl/N-ethyl adjacent to an activating group) is 1. The fourth-order valence-electron chi connectivity index (χ4n) is 1.54. The van der Waals surface area contributed by atoms with Crippen LogP contribution in [0.4, 0.5) is 0 Å². The molecule has 0 unspecified atom stereocenters. The van der Waals surface area contributed by atoms with Crippen molar-refractivity contribution >= 4 is 5.91 Å². The van der Waals surface area contributed by atoms with E-state index in [2.05, 4.69) is 15.2 Å². The first-order chi connectivity index (χ1) is 8.25. The number of H-pyrrole nitrogens is 1. The summed E-state index contributed by atoms with van der Waals surface area (Å²) in [5.74, 6) is 0.0809. The summed E-state index contributed by atoms with van der Waals surface area (Å²) in [5, 5.41) is 6.57. The van der Waals surface area contributed by atoms with E-state index in [1.165, 1.54) is 0 Å². The molecule has 0 aliphatic heterocycles. The maximum absolute atomic E-state index is 11.9. The first-order valence-electron chi connectivity index (χ1n) is 5.36. The number of hydrogen-bond acceptors (Lipinski definition) is 3. The van der Waals surface area contributed by atoms with Crippen LogP contribution in [0.5, 0.6) is 0 Å². The Morgan fingerprint density at radius 1 is 1.35 bits per heavy atom. The molecule has 1 amide bonds. The molecule has 2 heterocycles. The molecule has 2 rings (SSSR count). The number of aromatic amines is 1. The van der Waals surface area contributed by atoms with E-state index in [1.807, 2.05) is 12.1 Å². The van der Waals surface area contributed by atoms with Crippen molar-refractivity contribution in [1.82, 2.24) is 20.1 Å². The molecule has 0 saturated heterocycles. The molecule has 0 bridgehead atoms. The predicted molar refractivity (Wildman–Crippen MR) is 63.0 cm³/mol. The first-order valence-corrected chi connectivity index (χ1v) is 5.36. The third-order valence-electron chi connectivity index (χ3n) is 2.51. The van der Waals surface area contributed by atoms with E-state index in [0.717, 1.165) is 11.1 Å². The Bertz CT molecular complexity index is 467. The number of amides is 1. The minimum absolute atomic E-state index is 0.0809. The summed E-state index contributed by atoms with van der Waals surface area (Å²) in [5.41, 5.74) is 1.97. The smallest absolute Gasteiger partial charge is 0.227 e. The average molecular weight is 230 g/mol. The van der Waals surface area contributed by atoms with Crippen molar-refractivity contribution in [3.63, 3.8) is 0 Å². The SMILES string of the molecule is CN(Cc1cn[nH]c1)C(=O)Cc1ccncc1. The Balaban J connectivity index is 1.92. The third-order valence-corrected chi connectivity index (χ3v) is 2.51. The molecule has 17 heavy (non-hydrogen) atoms. The molecule has 0 spiro atoms. The predicted octanol–water partition coefficient (Wildman–Crippen LogP) is 1.01. The van der Waals surface area contributed by atoms with Crippen LogP contribution in [0.25, 0.3) is 0 Å². The highest BCUT2D eigenvalue weighted by atomic mass is 16.2. The van der Waals surface area contributed by atoms with Gasteiger partial charge in [0, 0.05) is 37.7 Å². The zero-order valence-corrected chi connectivity index (χ0v) is 9.63. The molecule has 0 atom stereocenters. The van der Waals surface area contributed by atoms with Gasteiger partial charge in [-0.1, -0.05) is 0 Å². The van der Waals surface area contributed by atoms with Crippen LogP contribution in [0, 0.1) is 0 Å². The molecule has 0 radical (unpaired) electrons. The van der Waals surface area contributed by atoms with Gasteiger partial charge in [0.05, 0.1) is 12.6 Å². The van der Waals surface area contributed by atoms with Crippen LogP contribution in [-0.4, -0.2) is 33.0 Å². The number of hydrogen-bond donors (Lipinski definition) is 1. The van der Waals surface area contributed by atoms with Gasteiger partial charge in [0.25, 0.3) is 0 Å². The number of nitrogens with one attached hydrogen (secondary N) is 1. The van der Waals surface area contributed by atoms with Crippen molar-refractivity contribution in [2.24, 2.45) is 0 Å². The van der Waals surface area contributed by atoms with Gasteiger partial charge < -0.3 is 4.90 Å². The molecule has 0 aliphatic carbocycles. The van der Waals surface area contributed by atoms with Crippen LogP contribution in [0.15, 0.2) is 36.9 Å². The van der Waals surface area contributed by atoms with Crippen LogP contribution in [0.3, 0.4) is 0 Å². The van der Waals surface area contributed by atoms with Gasteiger partial charge >= 0.3 is 0 Å². The summed E-state index contributed by atoms with van der Waals surface area (Å²) in [7, 11) is 1.79. The summed E-state index contributed by atoms with van der Waals surface area (Å²) in [6.07, 6.45) is 7.29. The standard InChI is InChI=1S/C12H14N4O/c1-16(9-11-7-14-15-8-11)12(17)6-10-2-4-13-5-3-10/h2-5,7-8H,6,9H2,1H3,(H,14,15). The Morgan fingerprint density at radius 3 is 2.76 bits per heavy atom. The molecule has 2 aromatic rings. The zero-order valence-electron chi connectivity index (χ0n) is 9.63. The highest BCUT2D eigenvalue weighted by Crippen LogP contribution is 2.04. The van der Waals surface area contributed by atoms with Crippen LogP contribution in [-0.2, 0) is 17.8 Å². The minimum Gasteiger partial charge on any atom is -0.341 e. The molecular weight excluding hydrogens is 216 g/mol. The Hall–Kier alpha value is -2.17.